The zero-order chi connectivity index (χ0) is 15.4. The van der Waals surface area contributed by atoms with Gasteiger partial charge in [0.05, 0.1) is 12.0 Å². The number of rotatable bonds is 5. The lowest BCUT2D eigenvalue weighted by Gasteiger charge is -2.07. The van der Waals surface area contributed by atoms with Crippen LogP contribution in [0.4, 0.5) is 5.69 Å². The van der Waals surface area contributed by atoms with Gasteiger partial charge in [0.1, 0.15) is 5.75 Å². The van der Waals surface area contributed by atoms with Crippen LogP contribution in [0.25, 0.3) is 0 Å². The van der Waals surface area contributed by atoms with Gasteiger partial charge in [-0.2, -0.15) is 0 Å². The van der Waals surface area contributed by atoms with E-state index in [2.05, 4.69) is 0 Å². The van der Waals surface area contributed by atoms with E-state index in [0.717, 1.165) is 0 Å². The van der Waals surface area contributed by atoms with Crippen LogP contribution in [-0.4, -0.2) is 17.8 Å². The second-order valence-corrected chi connectivity index (χ2v) is 4.80. The van der Waals surface area contributed by atoms with E-state index in [1.807, 2.05) is 0 Å². The van der Waals surface area contributed by atoms with Crippen LogP contribution < -0.4 is 4.74 Å². The average molecular weight is 306 g/mol. The van der Waals surface area contributed by atoms with Crippen LogP contribution in [0.5, 0.6) is 5.75 Å². The third kappa shape index (κ3) is 3.58. The number of methoxy groups -OCH3 is 1. The Morgan fingerprint density at radius 1 is 1.29 bits per heavy atom. The number of hydrogen-bond donors (Lipinski definition) is 0. The van der Waals surface area contributed by atoms with Gasteiger partial charge in [0.25, 0.3) is 5.69 Å². The summed E-state index contributed by atoms with van der Waals surface area (Å²) in [6, 6.07) is 11.0. The van der Waals surface area contributed by atoms with E-state index in [0.29, 0.717) is 11.3 Å². The number of nitrogens with zero attached hydrogens (tertiary/aromatic N) is 1. The zero-order valence-corrected chi connectivity index (χ0v) is 12.0. The molecule has 0 radical (unpaired) electrons. The van der Waals surface area contributed by atoms with Crippen LogP contribution in [0.1, 0.15) is 15.9 Å². The number of non-ortho nitro benzene ring substituents is 1. The van der Waals surface area contributed by atoms with Crippen molar-refractivity contribution in [2.24, 2.45) is 0 Å². The number of ketones is 1. The van der Waals surface area contributed by atoms with Crippen LogP contribution in [-0.2, 0) is 6.42 Å². The number of Topliss-reactive ketones (excluding diaryl/α,β-unsaturated/α-hetero) is 1. The molecule has 2 aromatic rings. The van der Waals surface area contributed by atoms with Crippen molar-refractivity contribution >= 4 is 23.1 Å². The van der Waals surface area contributed by atoms with Crippen molar-refractivity contribution in [1.82, 2.24) is 0 Å². The highest BCUT2D eigenvalue weighted by Crippen LogP contribution is 2.24. The number of para-hydroxylation sites is 1. The Bertz CT molecular complexity index is 700. The Labute approximate surface area is 126 Å². The summed E-state index contributed by atoms with van der Waals surface area (Å²) in [6.07, 6.45) is 0.0848. The fraction of sp³-hybridized carbons (Fsp3) is 0.133. The lowest BCUT2D eigenvalue weighted by Crippen LogP contribution is -2.05. The zero-order valence-electron chi connectivity index (χ0n) is 11.2. The molecule has 21 heavy (non-hydrogen) atoms. The molecule has 0 atom stereocenters. The number of halogens is 1. The molecule has 0 amide bonds. The van der Waals surface area contributed by atoms with Crippen molar-refractivity contribution in [1.29, 1.82) is 0 Å². The summed E-state index contributed by atoms with van der Waals surface area (Å²) in [5.41, 5.74) is 0.721. The number of benzene rings is 2. The molecule has 0 aromatic heterocycles. The summed E-state index contributed by atoms with van der Waals surface area (Å²) >= 11 is 5.82. The van der Waals surface area contributed by atoms with Crippen molar-refractivity contribution in [2.75, 3.05) is 7.11 Å². The molecule has 108 valence electrons. The third-order valence-electron chi connectivity index (χ3n) is 2.96. The maximum absolute atomic E-state index is 12.3. The van der Waals surface area contributed by atoms with Gasteiger partial charge in [-0.15, -0.1) is 0 Å². The minimum atomic E-state index is -0.578. The fourth-order valence-corrected chi connectivity index (χ4v) is 2.19. The quantitative estimate of drug-likeness (QED) is 0.480. The molecular formula is C15H12ClNO4. The molecule has 2 aromatic carbocycles. The van der Waals surface area contributed by atoms with E-state index in [4.69, 9.17) is 16.3 Å². The van der Waals surface area contributed by atoms with Crippen molar-refractivity contribution < 1.29 is 14.5 Å². The standard InChI is InChI=1S/C15H12ClNO4/c1-21-15-5-3-2-4-10(15)8-14(18)11-6-12(16)9-13(7-11)17(19)20/h2-7,9H,8H2,1H3. The van der Waals surface area contributed by atoms with Crippen LogP contribution in [0.3, 0.4) is 0 Å². The fourth-order valence-electron chi connectivity index (χ4n) is 1.96. The maximum Gasteiger partial charge on any atom is 0.271 e. The van der Waals surface area contributed by atoms with E-state index < -0.39 is 4.92 Å². The molecule has 0 aliphatic heterocycles. The van der Waals surface area contributed by atoms with E-state index in [9.17, 15) is 14.9 Å². The normalized spacial score (nSPS) is 10.2. The summed E-state index contributed by atoms with van der Waals surface area (Å²) in [7, 11) is 1.52. The van der Waals surface area contributed by atoms with Crippen LogP contribution in [0.15, 0.2) is 42.5 Å². The van der Waals surface area contributed by atoms with Crippen molar-refractivity contribution in [3.05, 3.63) is 68.7 Å². The molecule has 0 unspecified atom stereocenters. The first-order valence-corrected chi connectivity index (χ1v) is 6.49. The molecule has 0 aliphatic rings. The first kappa shape index (κ1) is 15.0. The molecule has 0 aliphatic carbocycles. The molecule has 6 heteroatoms. The Morgan fingerprint density at radius 2 is 2.00 bits per heavy atom. The number of ether oxygens (including phenoxy) is 1. The van der Waals surface area contributed by atoms with Crippen molar-refractivity contribution in [3.63, 3.8) is 0 Å². The van der Waals surface area contributed by atoms with Gasteiger partial charge >= 0.3 is 0 Å². The first-order valence-electron chi connectivity index (χ1n) is 6.11. The van der Waals surface area contributed by atoms with Gasteiger partial charge in [0.2, 0.25) is 0 Å². The number of carbonyl (C=O) groups excluding carboxylic acids is 1. The highest BCUT2D eigenvalue weighted by molar-refractivity contribution is 6.31. The molecule has 5 nitrogen and oxygen atoms in total. The average Bonchev–Trinajstić information content (AvgIpc) is 2.47. The minimum Gasteiger partial charge on any atom is -0.496 e. The monoisotopic (exact) mass is 305 g/mol. The van der Waals surface area contributed by atoms with Crippen LogP contribution in [0, 0.1) is 10.1 Å². The molecule has 0 saturated carbocycles. The van der Waals surface area contributed by atoms with E-state index in [1.165, 1.54) is 25.3 Å². The summed E-state index contributed by atoms with van der Waals surface area (Å²) in [6.45, 7) is 0. The third-order valence-corrected chi connectivity index (χ3v) is 3.18. The lowest BCUT2D eigenvalue weighted by atomic mass is 10.0. The molecule has 0 fully saturated rings. The molecular weight excluding hydrogens is 294 g/mol. The molecule has 0 N–H and O–H groups in total. The lowest BCUT2D eigenvalue weighted by molar-refractivity contribution is -0.384. The van der Waals surface area contributed by atoms with E-state index >= 15 is 0 Å². The predicted molar refractivity (Wildman–Crippen MR) is 79.1 cm³/mol. The first-order chi connectivity index (χ1) is 10.0. The van der Waals surface area contributed by atoms with Crippen LogP contribution in [0.2, 0.25) is 5.02 Å². The van der Waals surface area contributed by atoms with Gasteiger partial charge in [-0.05, 0) is 12.1 Å². The predicted octanol–water partition coefficient (Wildman–Crippen LogP) is 3.68. The Morgan fingerprint density at radius 3 is 2.67 bits per heavy atom. The maximum atomic E-state index is 12.3. The number of nitro benzene ring substituents is 1. The van der Waals surface area contributed by atoms with E-state index in [-0.39, 0.29) is 28.5 Å². The largest absolute Gasteiger partial charge is 0.496 e. The smallest absolute Gasteiger partial charge is 0.271 e. The number of nitro groups is 1. The second-order valence-electron chi connectivity index (χ2n) is 4.37. The van der Waals surface area contributed by atoms with Gasteiger partial charge < -0.3 is 4.74 Å². The summed E-state index contributed by atoms with van der Waals surface area (Å²) in [5, 5.41) is 11.0. The van der Waals surface area contributed by atoms with Crippen molar-refractivity contribution in [3.8, 4) is 5.75 Å². The van der Waals surface area contributed by atoms with Gasteiger partial charge in [0, 0.05) is 34.7 Å². The van der Waals surface area contributed by atoms with Crippen molar-refractivity contribution in [2.45, 2.75) is 6.42 Å². The Balaban J connectivity index is 2.30. The SMILES string of the molecule is COc1ccccc1CC(=O)c1cc(Cl)cc([N+](=O)[O-])c1. The molecule has 2 rings (SSSR count). The topological polar surface area (TPSA) is 69.4 Å². The van der Waals surface area contributed by atoms with Gasteiger partial charge in [-0.25, -0.2) is 0 Å². The summed E-state index contributed by atoms with van der Waals surface area (Å²) < 4.78 is 5.18. The summed E-state index contributed by atoms with van der Waals surface area (Å²) in [4.78, 5) is 22.5. The Kier molecular flexibility index (Phi) is 4.55. The second kappa shape index (κ2) is 6.37. The van der Waals surface area contributed by atoms with Gasteiger partial charge in [-0.1, -0.05) is 29.8 Å². The molecule has 0 saturated heterocycles. The number of hydrogen-bond acceptors (Lipinski definition) is 4. The highest BCUT2D eigenvalue weighted by atomic mass is 35.5. The number of carbonyl (C=O) groups is 1. The minimum absolute atomic E-state index is 0.0848. The van der Waals surface area contributed by atoms with E-state index in [1.54, 1.807) is 24.3 Å². The highest BCUT2D eigenvalue weighted by Gasteiger charge is 2.15. The van der Waals surface area contributed by atoms with Gasteiger partial charge in [-0.3, -0.25) is 14.9 Å². The van der Waals surface area contributed by atoms with Gasteiger partial charge in [0.15, 0.2) is 5.78 Å². The summed E-state index contributed by atoms with van der Waals surface area (Å²) in [5.74, 6) is 0.340. The molecule has 0 heterocycles. The van der Waals surface area contributed by atoms with Crippen LogP contribution >= 0.6 is 11.6 Å². The molecule has 0 bridgehead atoms. The Hall–Kier alpha value is -2.40. The molecule has 0 spiro atoms.